The van der Waals surface area contributed by atoms with Gasteiger partial charge >= 0.3 is 0 Å². The standard InChI is InChI=1S/2C52H33FN4/c53-39-24-29-51-45(32-39)44-31-38(23-28-50(44)56(51)40-16-8-3-9-17-40)37-22-27-49-43(30-37)42-18-10-11-19-48(42)57(49)41-25-20-35(21-26-41)47-33-46(34-12-4-1-5-13-34)54-52(55-47)36-14-6-2-7-15-36;53-39-24-29-51-45(32-39)44-31-38(37-22-27-49-43(30-37)42-18-10-11-19-48(42)56(49)40-16-8-3-9-17-40)23-28-50(44)57(51)41-25-20-35(21-26-41)47-33-46(34-12-4-1-5-13-34)54-52(55-47)36-14-6-2-7-15-36/h2*1-33H. The smallest absolute Gasteiger partial charge is 0.160 e. The van der Waals surface area contributed by atoms with E-state index in [0.717, 1.165) is 161 Å². The van der Waals surface area contributed by atoms with Gasteiger partial charge in [-0.3, -0.25) is 0 Å². The predicted molar refractivity (Wildman–Crippen MR) is 465 cm³/mol. The van der Waals surface area contributed by atoms with Crippen molar-refractivity contribution in [1.82, 2.24) is 38.2 Å². The van der Waals surface area contributed by atoms with Gasteiger partial charge < -0.3 is 18.3 Å². The van der Waals surface area contributed by atoms with Crippen LogP contribution in [0, 0.1) is 11.6 Å². The lowest BCUT2D eigenvalue weighted by atomic mass is 10.0. The Morgan fingerprint density at radius 2 is 0.377 bits per heavy atom. The Labute approximate surface area is 655 Å². The van der Waals surface area contributed by atoms with Gasteiger partial charge in [0.05, 0.1) is 66.9 Å². The molecule has 6 aromatic heterocycles. The van der Waals surface area contributed by atoms with Gasteiger partial charge in [0.1, 0.15) is 11.6 Å². The van der Waals surface area contributed by atoms with E-state index < -0.39 is 0 Å². The molecule has 6 heterocycles. The molecule has 0 aliphatic carbocycles. The zero-order chi connectivity index (χ0) is 75.7. The normalized spacial score (nSPS) is 11.6. The molecule has 8 nitrogen and oxygen atoms in total. The molecular weight excluding hydrogens is 1400 g/mol. The summed E-state index contributed by atoms with van der Waals surface area (Å²) in [5.41, 5.74) is 26.6. The molecule has 22 aromatic rings. The number of halogens is 2. The van der Waals surface area contributed by atoms with Gasteiger partial charge in [-0.1, -0.05) is 243 Å². The number of nitrogens with zero attached hydrogens (tertiary/aromatic N) is 8. The summed E-state index contributed by atoms with van der Waals surface area (Å²) in [5, 5.41) is 8.52. The maximum Gasteiger partial charge on any atom is 0.160 e. The highest BCUT2D eigenvalue weighted by Gasteiger charge is 2.22. The second-order valence-electron chi connectivity index (χ2n) is 28.8. The van der Waals surface area contributed by atoms with Gasteiger partial charge in [-0.2, -0.15) is 0 Å². The maximum atomic E-state index is 15.0. The van der Waals surface area contributed by atoms with E-state index in [2.05, 4.69) is 273 Å². The Kier molecular flexibility index (Phi) is 16.4. The minimum Gasteiger partial charge on any atom is -0.309 e. The first-order valence-corrected chi connectivity index (χ1v) is 38.2. The molecule has 0 aliphatic heterocycles. The van der Waals surface area contributed by atoms with Gasteiger partial charge in [-0.05, 0) is 180 Å². The first kappa shape index (κ1) is 66.9. The average molecular weight is 1470 g/mol. The summed E-state index contributed by atoms with van der Waals surface area (Å²) in [6, 6.07) is 137. The summed E-state index contributed by atoms with van der Waals surface area (Å²) in [6.45, 7) is 0. The molecule has 0 amide bonds. The maximum absolute atomic E-state index is 15.0. The van der Waals surface area contributed by atoms with E-state index in [1.54, 1.807) is 24.3 Å². The second kappa shape index (κ2) is 28.0. The van der Waals surface area contributed by atoms with Crippen LogP contribution in [-0.2, 0) is 0 Å². The van der Waals surface area contributed by atoms with Crippen LogP contribution >= 0.6 is 0 Å². The SMILES string of the molecule is Fc1ccc2c(c1)c1cc(-c3ccc4c(c3)c3ccccc3n4-c3ccc(-c4cc(-c5ccccc5)nc(-c5ccccc5)n4)cc3)ccc1n2-c1ccccc1.Fc1ccc2c(c1)c1cc(-c3ccc4c(c3)c3ccccc3n4-c3ccccc3)ccc1n2-c1ccc(-c2cc(-c3ccccc3)nc(-c3ccccc3)n2)cc1. The molecule has 0 bridgehead atoms. The molecule has 0 N–H and O–H groups in total. The highest BCUT2D eigenvalue weighted by Crippen LogP contribution is 2.43. The summed E-state index contributed by atoms with van der Waals surface area (Å²) in [6.07, 6.45) is 0. The zero-order valence-electron chi connectivity index (χ0n) is 61.4. The molecule has 0 spiro atoms. The Morgan fingerprint density at radius 3 is 0.693 bits per heavy atom. The van der Waals surface area contributed by atoms with E-state index in [4.69, 9.17) is 19.9 Å². The van der Waals surface area contributed by atoms with Crippen LogP contribution in [0.5, 0.6) is 0 Å². The molecule has 16 aromatic carbocycles. The summed E-state index contributed by atoms with van der Waals surface area (Å²) in [7, 11) is 0. The van der Waals surface area contributed by atoms with Gasteiger partial charge in [-0.25, -0.2) is 28.7 Å². The minimum absolute atomic E-state index is 0.242. The van der Waals surface area contributed by atoms with E-state index in [0.29, 0.717) is 11.6 Å². The number of fused-ring (bicyclic) bond motifs is 12. The lowest BCUT2D eigenvalue weighted by molar-refractivity contribution is 0.629. The van der Waals surface area contributed by atoms with Crippen LogP contribution in [0.15, 0.2) is 400 Å². The molecular formula is C104H66F2N8. The highest BCUT2D eigenvalue weighted by molar-refractivity contribution is 6.15. The zero-order valence-corrected chi connectivity index (χ0v) is 61.4. The van der Waals surface area contributed by atoms with Gasteiger partial charge in [-0.15, -0.1) is 0 Å². The Hall–Kier alpha value is -15.3. The molecule has 22 rings (SSSR count). The molecule has 0 saturated carbocycles. The second-order valence-corrected chi connectivity index (χ2v) is 28.8. The molecule has 0 aliphatic rings. The van der Waals surface area contributed by atoms with Crippen molar-refractivity contribution < 1.29 is 8.78 Å². The summed E-state index contributed by atoms with van der Waals surface area (Å²) in [4.78, 5) is 20.0. The number of rotatable bonds is 12. The van der Waals surface area contributed by atoms with E-state index in [1.165, 1.54) is 27.1 Å². The highest BCUT2D eigenvalue weighted by atomic mass is 19.1. The summed E-state index contributed by atoms with van der Waals surface area (Å²) in [5.74, 6) is 0.873. The van der Waals surface area contributed by atoms with Gasteiger partial charge in [0.15, 0.2) is 11.6 Å². The van der Waals surface area contributed by atoms with Crippen molar-refractivity contribution in [3.63, 3.8) is 0 Å². The van der Waals surface area contributed by atoms with E-state index >= 15 is 0 Å². The van der Waals surface area contributed by atoms with Crippen LogP contribution in [0.4, 0.5) is 8.78 Å². The average Bonchev–Trinajstić information content (AvgIpc) is 1.57. The third kappa shape index (κ3) is 11.9. The van der Waals surface area contributed by atoms with Crippen molar-refractivity contribution in [1.29, 1.82) is 0 Å². The molecule has 0 radical (unpaired) electrons. The molecule has 114 heavy (non-hydrogen) atoms. The number of hydrogen-bond donors (Lipinski definition) is 0. The number of benzene rings is 16. The van der Waals surface area contributed by atoms with Crippen molar-refractivity contribution in [2.45, 2.75) is 0 Å². The van der Waals surface area contributed by atoms with Gasteiger partial charge in [0.2, 0.25) is 0 Å². The topological polar surface area (TPSA) is 71.3 Å². The van der Waals surface area contributed by atoms with E-state index in [9.17, 15) is 8.78 Å². The number of para-hydroxylation sites is 4. The Balaban J connectivity index is 0.000000143. The first-order chi connectivity index (χ1) is 56.3. The fourth-order valence-electron chi connectivity index (χ4n) is 16.6. The van der Waals surface area contributed by atoms with Gasteiger partial charge in [0.25, 0.3) is 0 Å². The number of aromatic nitrogens is 8. The Bertz CT molecular complexity index is 7330. The van der Waals surface area contributed by atoms with Crippen LogP contribution in [-0.4, -0.2) is 38.2 Å². The van der Waals surface area contributed by atoms with Crippen molar-refractivity contribution in [3.8, 4) is 113 Å². The first-order valence-electron chi connectivity index (χ1n) is 38.2. The molecule has 0 unspecified atom stereocenters. The quantitative estimate of drug-likeness (QED) is 0.122. The third-order valence-corrected chi connectivity index (χ3v) is 22.0. The summed E-state index contributed by atoms with van der Waals surface area (Å²) >= 11 is 0. The van der Waals surface area contributed by atoms with Crippen LogP contribution in [0.3, 0.4) is 0 Å². The van der Waals surface area contributed by atoms with Crippen molar-refractivity contribution in [2.24, 2.45) is 0 Å². The fraction of sp³-hybridized carbons (Fsp3) is 0. The van der Waals surface area contributed by atoms with Crippen molar-refractivity contribution in [3.05, 3.63) is 412 Å². The predicted octanol–water partition coefficient (Wildman–Crippen LogP) is 27.0. The minimum atomic E-state index is -0.260. The lowest BCUT2D eigenvalue weighted by Gasteiger charge is -2.12. The molecule has 0 atom stereocenters. The van der Waals surface area contributed by atoms with Crippen LogP contribution in [0.25, 0.3) is 200 Å². The number of hydrogen-bond acceptors (Lipinski definition) is 4. The fourth-order valence-corrected chi connectivity index (χ4v) is 16.6. The van der Waals surface area contributed by atoms with Crippen LogP contribution in [0.1, 0.15) is 0 Å². The van der Waals surface area contributed by atoms with Gasteiger partial charge in [0, 0.05) is 99.2 Å². The van der Waals surface area contributed by atoms with Crippen LogP contribution < -0.4 is 0 Å². The molecule has 10 heteroatoms. The van der Waals surface area contributed by atoms with Crippen molar-refractivity contribution >= 4 is 87.2 Å². The molecule has 0 fully saturated rings. The lowest BCUT2D eigenvalue weighted by Crippen LogP contribution is -1.97. The monoisotopic (exact) mass is 1460 g/mol. The summed E-state index contributed by atoms with van der Waals surface area (Å²) < 4.78 is 38.8. The van der Waals surface area contributed by atoms with E-state index in [1.807, 2.05) is 121 Å². The van der Waals surface area contributed by atoms with Crippen LogP contribution in [0.2, 0.25) is 0 Å². The largest absolute Gasteiger partial charge is 0.309 e. The third-order valence-electron chi connectivity index (χ3n) is 22.0. The Morgan fingerprint density at radius 1 is 0.158 bits per heavy atom. The van der Waals surface area contributed by atoms with E-state index in [-0.39, 0.29) is 11.6 Å². The van der Waals surface area contributed by atoms with Crippen molar-refractivity contribution in [2.75, 3.05) is 0 Å². The molecule has 536 valence electrons. The molecule has 0 saturated heterocycles.